The van der Waals surface area contributed by atoms with E-state index in [1.54, 1.807) is 0 Å². The van der Waals surface area contributed by atoms with Crippen LogP contribution in [0.25, 0.3) is 0 Å². The average molecular weight is 109 g/mol. The lowest BCUT2D eigenvalue weighted by Gasteiger charge is -1.98. The highest BCUT2D eigenvalue weighted by atomic mass is 14.0. The lowest BCUT2D eigenvalue weighted by Crippen LogP contribution is -1.87. The second kappa shape index (κ2) is 4.71. The maximum absolute atomic E-state index is 3.43. The van der Waals surface area contributed by atoms with Gasteiger partial charge in [0.1, 0.15) is 0 Å². The summed E-state index contributed by atoms with van der Waals surface area (Å²) in [6, 6.07) is 0. The van der Waals surface area contributed by atoms with Gasteiger partial charge >= 0.3 is 0 Å². The molecule has 1 unspecified atom stereocenters. The SMILES string of the molecule is [CH2]C#CCC(C)CC. The Balaban J connectivity index is 3.19. The van der Waals surface area contributed by atoms with Crippen LogP contribution in [-0.4, -0.2) is 0 Å². The van der Waals surface area contributed by atoms with Crippen LogP contribution in [-0.2, 0) is 0 Å². The monoisotopic (exact) mass is 109 g/mol. The fourth-order valence-electron chi connectivity index (χ4n) is 0.391. The van der Waals surface area contributed by atoms with E-state index in [1.165, 1.54) is 6.42 Å². The van der Waals surface area contributed by atoms with Gasteiger partial charge in [-0.3, -0.25) is 0 Å². The van der Waals surface area contributed by atoms with Crippen LogP contribution in [0.15, 0.2) is 0 Å². The minimum absolute atomic E-state index is 0.740. The Labute approximate surface area is 52.3 Å². The van der Waals surface area contributed by atoms with Crippen molar-refractivity contribution in [1.82, 2.24) is 0 Å². The summed E-state index contributed by atoms with van der Waals surface area (Å²) in [5, 5.41) is 0. The summed E-state index contributed by atoms with van der Waals surface area (Å²) in [4.78, 5) is 0. The Morgan fingerprint density at radius 1 is 1.62 bits per heavy atom. The first-order chi connectivity index (χ1) is 3.81. The van der Waals surface area contributed by atoms with Gasteiger partial charge in [0, 0.05) is 13.3 Å². The Hall–Kier alpha value is -0.440. The predicted molar refractivity (Wildman–Crippen MR) is 37.2 cm³/mol. The molecule has 0 rings (SSSR count). The Morgan fingerprint density at radius 2 is 2.25 bits per heavy atom. The normalized spacial score (nSPS) is 11.9. The van der Waals surface area contributed by atoms with E-state index in [9.17, 15) is 0 Å². The van der Waals surface area contributed by atoms with Gasteiger partial charge in [0.25, 0.3) is 0 Å². The van der Waals surface area contributed by atoms with E-state index >= 15 is 0 Å². The van der Waals surface area contributed by atoms with Crippen molar-refractivity contribution >= 4 is 0 Å². The molecule has 0 nitrogen and oxygen atoms in total. The summed E-state index contributed by atoms with van der Waals surface area (Å²) >= 11 is 0. The van der Waals surface area contributed by atoms with E-state index in [1.807, 2.05) is 0 Å². The second-order valence-corrected chi connectivity index (χ2v) is 2.07. The second-order valence-electron chi connectivity index (χ2n) is 2.07. The van der Waals surface area contributed by atoms with Crippen molar-refractivity contribution in [2.24, 2.45) is 5.92 Å². The first-order valence-electron chi connectivity index (χ1n) is 3.06. The highest BCUT2D eigenvalue weighted by Gasteiger charge is 1.91. The maximum Gasteiger partial charge on any atom is 0.0198 e. The molecule has 0 saturated heterocycles. The van der Waals surface area contributed by atoms with Crippen molar-refractivity contribution < 1.29 is 0 Å². The number of hydrogen-bond donors (Lipinski definition) is 0. The molecule has 1 radical (unpaired) electrons. The van der Waals surface area contributed by atoms with Gasteiger partial charge in [-0.1, -0.05) is 20.3 Å². The minimum Gasteiger partial charge on any atom is -0.103 e. The van der Waals surface area contributed by atoms with Gasteiger partial charge < -0.3 is 0 Å². The van der Waals surface area contributed by atoms with Crippen molar-refractivity contribution in [3.05, 3.63) is 6.92 Å². The zero-order valence-electron chi connectivity index (χ0n) is 5.70. The third-order valence-electron chi connectivity index (χ3n) is 1.27. The van der Waals surface area contributed by atoms with Crippen LogP contribution in [0, 0.1) is 24.7 Å². The van der Waals surface area contributed by atoms with Gasteiger partial charge in [-0.15, -0.1) is 11.8 Å². The van der Waals surface area contributed by atoms with Gasteiger partial charge in [-0.05, 0) is 5.92 Å². The lowest BCUT2D eigenvalue weighted by molar-refractivity contribution is 0.581. The molecule has 0 aliphatic rings. The standard InChI is InChI=1S/C8H13/c1-4-6-7-8(3)5-2/h8H,1,5,7H2,2-3H3. The maximum atomic E-state index is 3.43. The number of rotatable bonds is 2. The number of hydrogen-bond acceptors (Lipinski definition) is 0. The van der Waals surface area contributed by atoms with Gasteiger partial charge in [0.05, 0.1) is 0 Å². The summed E-state index contributed by atoms with van der Waals surface area (Å²) < 4.78 is 0. The largest absolute Gasteiger partial charge is 0.103 e. The molecule has 0 aromatic carbocycles. The third-order valence-corrected chi connectivity index (χ3v) is 1.27. The van der Waals surface area contributed by atoms with Crippen LogP contribution in [0.3, 0.4) is 0 Å². The molecule has 0 N–H and O–H groups in total. The quantitative estimate of drug-likeness (QED) is 0.477. The van der Waals surface area contributed by atoms with Crippen molar-refractivity contribution in [2.45, 2.75) is 26.7 Å². The van der Waals surface area contributed by atoms with Gasteiger partial charge in [0.2, 0.25) is 0 Å². The van der Waals surface area contributed by atoms with Crippen LogP contribution in [0.4, 0.5) is 0 Å². The molecule has 8 heavy (non-hydrogen) atoms. The summed E-state index contributed by atoms with van der Waals surface area (Å²) in [6.07, 6.45) is 2.22. The highest BCUT2D eigenvalue weighted by Crippen LogP contribution is 2.03. The average Bonchev–Trinajstić information content (AvgIpc) is 1.83. The molecule has 0 spiro atoms. The van der Waals surface area contributed by atoms with Crippen molar-refractivity contribution in [1.29, 1.82) is 0 Å². The third kappa shape index (κ3) is 3.74. The van der Waals surface area contributed by atoms with Crippen molar-refractivity contribution in [3.63, 3.8) is 0 Å². The first-order valence-corrected chi connectivity index (χ1v) is 3.06. The molecule has 0 aliphatic carbocycles. The molecular formula is C8H13. The molecule has 0 bridgehead atoms. The van der Waals surface area contributed by atoms with Gasteiger partial charge in [0.15, 0.2) is 0 Å². The van der Waals surface area contributed by atoms with Crippen LogP contribution in [0.1, 0.15) is 26.7 Å². The van der Waals surface area contributed by atoms with Gasteiger partial charge in [-0.2, -0.15) is 0 Å². The molecular weight excluding hydrogens is 96.1 g/mol. The van der Waals surface area contributed by atoms with E-state index in [4.69, 9.17) is 0 Å². The Bertz CT molecular complexity index is 92.3. The Morgan fingerprint density at radius 3 is 2.62 bits per heavy atom. The van der Waals surface area contributed by atoms with E-state index in [0.717, 1.165) is 12.3 Å². The smallest absolute Gasteiger partial charge is 0.0198 e. The molecule has 0 heteroatoms. The van der Waals surface area contributed by atoms with E-state index in [0.29, 0.717) is 0 Å². The van der Waals surface area contributed by atoms with Crippen LogP contribution < -0.4 is 0 Å². The fourth-order valence-corrected chi connectivity index (χ4v) is 0.391. The van der Waals surface area contributed by atoms with Crippen molar-refractivity contribution in [2.75, 3.05) is 0 Å². The molecule has 0 aliphatic heterocycles. The molecule has 0 heterocycles. The van der Waals surface area contributed by atoms with Gasteiger partial charge in [-0.25, -0.2) is 0 Å². The molecule has 0 fully saturated rings. The summed E-state index contributed by atoms with van der Waals surface area (Å²) in [5.41, 5.74) is 0. The molecule has 0 aromatic heterocycles. The van der Waals surface area contributed by atoms with Crippen LogP contribution in [0.2, 0.25) is 0 Å². The molecule has 1 atom stereocenters. The van der Waals surface area contributed by atoms with E-state index in [2.05, 4.69) is 32.6 Å². The minimum atomic E-state index is 0.740. The summed E-state index contributed by atoms with van der Waals surface area (Å²) in [5.74, 6) is 6.31. The van der Waals surface area contributed by atoms with Crippen LogP contribution >= 0.6 is 0 Å². The summed E-state index contributed by atoms with van der Waals surface area (Å²) in [7, 11) is 0. The molecule has 0 aromatic rings. The van der Waals surface area contributed by atoms with Crippen LogP contribution in [0.5, 0.6) is 0 Å². The Kier molecular flexibility index (Phi) is 4.45. The topological polar surface area (TPSA) is 0 Å². The molecule has 0 saturated carbocycles. The van der Waals surface area contributed by atoms with E-state index < -0.39 is 0 Å². The predicted octanol–water partition coefficient (Wildman–Crippen LogP) is 2.26. The summed E-state index contributed by atoms with van der Waals surface area (Å²) in [6.45, 7) is 7.81. The fraction of sp³-hybridized carbons (Fsp3) is 0.625. The lowest BCUT2D eigenvalue weighted by atomic mass is 10.1. The zero-order valence-corrected chi connectivity index (χ0v) is 5.70. The molecule has 0 amide bonds. The highest BCUT2D eigenvalue weighted by molar-refractivity contribution is 5.01. The van der Waals surface area contributed by atoms with E-state index in [-0.39, 0.29) is 0 Å². The van der Waals surface area contributed by atoms with Crippen molar-refractivity contribution in [3.8, 4) is 11.8 Å². The zero-order chi connectivity index (χ0) is 6.41. The molecule has 45 valence electrons. The first kappa shape index (κ1) is 7.56.